The van der Waals surface area contributed by atoms with Crippen LogP contribution in [0.15, 0.2) is 40.9 Å². The maximum atomic E-state index is 13.9. The Morgan fingerprint density at radius 2 is 1.75 bits per heavy atom. The van der Waals surface area contributed by atoms with Crippen LogP contribution in [0.1, 0.15) is 11.1 Å². The lowest BCUT2D eigenvalue weighted by Crippen LogP contribution is -2.19. The van der Waals surface area contributed by atoms with E-state index in [1.165, 1.54) is 4.90 Å². The van der Waals surface area contributed by atoms with Gasteiger partial charge in [0.15, 0.2) is 0 Å². The van der Waals surface area contributed by atoms with Gasteiger partial charge in [0.05, 0.1) is 6.61 Å². The van der Waals surface area contributed by atoms with Gasteiger partial charge in [-0.25, -0.2) is 8.78 Å². The van der Waals surface area contributed by atoms with Gasteiger partial charge in [-0.3, -0.25) is 0 Å². The Hall–Kier alpha value is -1.46. The third-order valence-electron chi connectivity index (χ3n) is 2.95. The first-order chi connectivity index (χ1) is 9.51. The van der Waals surface area contributed by atoms with Crippen molar-refractivity contribution in [3.63, 3.8) is 0 Å². The van der Waals surface area contributed by atoms with Crippen molar-refractivity contribution in [2.45, 2.75) is 13.2 Å². The van der Waals surface area contributed by atoms with E-state index in [1.807, 2.05) is 24.3 Å². The summed E-state index contributed by atoms with van der Waals surface area (Å²) in [6.07, 6.45) is 0. The van der Waals surface area contributed by atoms with Crippen LogP contribution in [0.5, 0.6) is 0 Å². The summed E-state index contributed by atoms with van der Waals surface area (Å²) in [6, 6.07) is 9.84. The smallest absolute Gasteiger partial charge is 0.149 e. The summed E-state index contributed by atoms with van der Waals surface area (Å²) in [7, 11) is 1.63. The summed E-state index contributed by atoms with van der Waals surface area (Å²) >= 11 is 3.36. The molecule has 0 aliphatic heterocycles. The fourth-order valence-corrected chi connectivity index (χ4v) is 2.51. The maximum absolute atomic E-state index is 13.9. The SMILES string of the molecule is CN(Cc1cccc(Br)c1)c1c(F)cc(CO)cc1F. The highest BCUT2D eigenvalue weighted by molar-refractivity contribution is 9.10. The maximum Gasteiger partial charge on any atom is 0.149 e. The topological polar surface area (TPSA) is 23.5 Å². The minimum Gasteiger partial charge on any atom is -0.392 e. The van der Waals surface area contributed by atoms with Gasteiger partial charge in [0.2, 0.25) is 0 Å². The van der Waals surface area contributed by atoms with Crippen molar-refractivity contribution in [1.82, 2.24) is 0 Å². The van der Waals surface area contributed by atoms with Gasteiger partial charge in [-0.1, -0.05) is 28.1 Å². The van der Waals surface area contributed by atoms with E-state index in [1.54, 1.807) is 7.05 Å². The Balaban J connectivity index is 2.27. The van der Waals surface area contributed by atoms with Crippen LogP contribution in [0.2, 0.25) is 0 Å². The molecule has 1 N–H and O–H groups in total. The number of benzene rings is 2. The normalized spacial score (nSPS) is 10.7. The molecule has 2 aromatic carbocycles. The highest BCUT2D eigenvalue weighted by Gasteiger charge is 2.15. The third-order valence-corrected chi connectivity index (χ3v) is 3.44. The van der Waals surface area contributed by atoms with Crippen molar-refractivity contribution in [3.05, 3.63) is 63.6 Å². The quantitative estimate of drug-likeness (QED) is 0.912. The Bertz CT molecular complexity index is 596. The number of nitrogens with zero attached hydrogens (tertiary/aromatic N) is 1. The van der Waals surface area contributed by atoms with E-state index < -0.39 is 11.6 Å². The molecule has 0 unspecified atom stereocenters. The van der Waals surface area contributed by atoms with Crippen LogP contribution < -0.4 is 4.90 Å². The van der Waals surface area contributed by atoms with E-state index in [9.17, 15) is 8.78 Å². The zero-order valence-electron chi connectivity index (χ0n) is 10.9. The van der Waals surface area contributed by atoms with Gasteiger partial charge in [0.1, 0.15) is 17.3 Å². The number of aliphatic hydroxyl groups is 1. The number of hydrogen-bond acceptors (Lipinski definition) is 2. The molecule has 20 heavy (non-hydrogen) atoms. The highest BCUT2D eigenvalue weighted by atomic mass is 79.9. The van der Waals surface area contributed by atoms with Gasteiger partial charge in [0.25, 0.3) is 0 Å². The number of halogens is 3. The molecule has 0 atom stereocenters. The molecule has 0 fully saturated rings. The molecular weight excluding hydrogens is 328 g/mol. The zero-order valence-corrected chi connectivity index (χ0v) is 12.5. The first-order valence-electron chi connectivity index (χ1n) is 6.05. The van der Waals surface area contributed by atoms with E-state index >= 15 is 0 Å². The van der Waals surface area contributed by atoms with Crippen LogP contribution in [0, 0.1) is 11.6 Å². The molecule has 0 aliphatic carbocycles. The monoisotopic (exact) mass is 341 g/mol. The van der Waals surface area contributed by atoms with Gasteiger partial charge < -0.3 is 10.0 Å². The molecule has 0 amide bonds. The average Bonchev–Trinajstić information content (AvgIpc) is 2.37. The number of rotatable bonds is 4. The van der Waals surface area contributed by atoms with Gasteiger partial charge in [0, 0.05) is 18.1 Å². The molecule has 0 spiro atoms. The van der Waals surface area contributed by atoms with E-state index in [4.69, 9.17) is 5.11 Å². The predicted octanol–water partition coefficient (Wildman–Crippen LogP) is 3.86. The van der Waals surface area contributed by atoms with Crippen LogP contribution in [0.3, 0.4) is 0 Å². The molecule has 0 heterocycles. The standard InChI is InChI=1S/C15H14BrF2NO/c1-19(8-10-3-2-4-12(16)5-10)15-13(17)6-11(9-20)7-14(15)18/h2-7,20H,8-9H2,1H3. The second-order valence-electron chi connectivity index (χ2n) is 4.55. The van der Waals surface area contributed by atoms with Crippen molar-refractivity contribution in [1.29, 1.82) is 0 Å². The fourth-order valence-electron chi connectivity index (χ4n) is 2.06. The number of aliphatic hydroxyl groups excluding tert-OH is 1. The second kappa shape index (κ2) is 6.33. The molecule has 0 saturated carbocycles. The van der Waals surface area contributed by atoms with Crippen molar-refractivity contribution >= 4 is 21.6 Å². The molecular formula is C15H14BrF2NO. The molecule has 0 saturated heterocycles. The summed E-state index contributed by atoms with van der Waals surface area (Å²) in [5.74, 6) is -1.35. The van der Waals surface area contributed by atoms with Crippen LogP contribution in [0.25, 0.3) is 0 Å². The van der Waals surface area contributed by atoms with Gasteiger partial charge in [-0.15, -0.1) is 0 Å². The Morgan fingerprint density at radius 1 is 1.10 bits per heavy atom. The number of anilines is 1. The molecule has 106 valence electrons. The van der Waals surface area contributed by atoms with E-state index in [0.29, 0.717) is 6.54 Å². The lowest BCUT2D eigenvalue weighted by molar-refractivity contribution is 0.280. The van der Waals surface area contributed by atoms with Crippen LogP contribution in [-0.4, -0.2) is 12.2 Å². The molecule has 0 radical (unpaired) electrons. The minimum atomic E-state index is -0.674. The fraction of sp³-hybridized carbons (Fsp3) is 0.200. The molecule has 2 nitrogen and oxygen atoms in total. The minimum absolute atomic E-state index is 0.0952. The van der Waals surface area contributed by atoms with Crippen molar-refractivity contribution in [3.8, 4) is 0 Å². The Labute approximate surface area is 124 Å². The van der Waals surface area contributed by atoms with Crippen LogP contribution in [0.4, 0.5) is 14.5 Å². The molecule has 5 heteroatoms. The zero-order chi connectivity index (χ0) is 14.7. The first-order valence-corrected chi connectivity index (χ1v) is 6.85. The van der Waals surface area contributed by atoms with Gasteiger partial charge >= 0.3 is 0 Å². The summed E-state index contributed by atoms with van der Waals surface area (Å²) in [6.45, 7) is -0.00474. The Kier molecular flexibility index (Phi) is 4.73. The van der Waals surface area contributed by atoms with Crippen LogP contribution in [-0.2, 0) is 13.2 Å². The lowest BCUT2D eigenvalue weighted by Gasteiger charge is -2.21. The molecule has 2 rings (SSSR count). The average molecular weight is 342 g/mol. The lowest BCUT2D eigenvalue weighted by atomic mass is 10.1. The molecule has 0 aliphatic rings. The predicted molar refractivity (Wildman–Crippen MR) is 78.5 cm³/mol. The summed E-state index contributed by atoms with van der Waals surface area (Å²) in [4.78, 5) is 1.51. The van der Waals surface area contributed by atoms with Crippen molar-refractivity contribution in [2.24, 2.45) is 0 Å². The van der Waals surface area contributed by atoms with E-state index in [2.05, 4.69) is 15.9 Å². The summed E-state index contributed by atoms with van der Waals surface area (Å²) < 4.78 is 28.8. The first kappa shape index (κ1) is 14.9. The second-order valence-corrected chi connectivity index (χ2v) is 5.47. The summed E-state index contributed by atoms with van der Waals surface area (Å²) in [5, 5.41) is 8.93. The molecule has 0 bridgehead atoms. The van der Waals surface area contributed by atoms with Crippen LogP contribution >= 0.6 is 15.9 Å². The molecule has 0 aromatic heterocycles. The summed E-state index contributed by atoms with van der Waals surface area (Å²) in [5.41, 5.74) is 1.06. The van der Waals surface area contributed by atoms with E-state index in [0.717, 1.165) is 22.2 Å². The Morgan fingerprint density at radius 3 is 2.30 bits per heavy atom. The largest absolute Gasteiger partial charge is 0.392 e. The third kappa shape index (κ3) is 3.35. The van der Waals surface area contributed by atoms with Crippen molar-refractivity contribution in [2.75, 3.05) is 11.9 Å². The van der Waals surface area contributed by atoms with E-state index in [-0.39, 0.29) is 17.9 Å². The van der Waals surface area contributed by atoms with Gasteiger partial charge in [-0.2, -0.15) is 0 Å². The van der Waals surface area contributed by atoms with Crippen molar-refractivity contribution < 1.29 is 13.9 Å². The van der Waals surface area contributed by atoms with Gasteiger partial charge in [-0.05, 0) is 35.4 Å². The number of hydrogen-bond donors (Lipinski definition) is 1. The highest BCUT2D eigenvalue weighted by Crippen LogP contribution is 2.26. The molecule has 2 aromatic rings.